The lowest BCUT2D eigenvalue weighted by Crippen LogP contribution is -2.41. The van der Waals surface area contributed by atoms with Crippen LogP contribution in [0, 0.1) is 11.3 Å². The number of fused-ring (bicyclic) bond motifs is 1. The molecule has 0 aromatic heterocycles. The molecule has 0 spiro atoms. The molecule has 2 aliphatic carbocycles. The van der Waals surface area contributed by atoms with Gasteiger partial charge in [-0.1, -0.05) is 11.6 Å². The van der Waals surface area contributed by atoms with Gasteiger partial charge in [-0.2, -0.15) is 0 Å². The van der Waals surface area contributed by atoms with Crippen molar-refractivity contribution in [2.24, 2.45) is 11.3 Å². The first-order valence-corrected chi connectivity index (χ1v) is 5.37. The highest BCUT2D eigenvalue weighted by atomic mass is 16.5. The standard InChI is InChI=1S/C12H16O3/c1-8-3-5-12(11(14)15-2)6-4-9(13)7-10(8)12/h3,10H,4-7H2,1-2H3/t10-,12+/m0/s1. The zero-order chi connectivity index (χ0) is 11.1. The number of rotatable bonds is 1. The molecule has 0 aliphatic heterocycles. The molecule has 1 saturated carbocycles. The van der Waals surface area contributed by atoms with E-state index < -0.39 is 5.41 Å². The van der Waals surface area contributed by atoms with Crippen molar-refractivity contribution in [3.8, 4) is 0 Å². The summed E-state index contributed by atoms with van der Waals surface area (Å²) in [7, 11) is 1.43. The summed E-state index contributed by atoms with van der Waals surface area (Å²) in [6.07, 6.45) is 4.50. The molecule has 15 heavy (non-hydrogen) atoms. The van der Waals surface area contributed by atoms with Gasteiger partial charge in [0.05, 0.1) is 12.5 Å². The third-order valence-corrected chi connectivity index (χ3v) is 3.88. The largest absolute Gasteiger partial charge is 0.469 e. The van der Waals surface area contributed by atoms with Crippen molar-refractivity contribution in [3.05, 3.63) is 11.6 Å². The maximum absolute atomic E-state index is 11.9. The summed E-state index contributed by atoms with van der Waals surface area (Å²) in [4.78, 5) is 23.3. The van der Waals surface area contributed by atoms with Crippen LogP contribution in [-0.4, -0.2) is 18.9 Å². The van der Waals surface area contributed by atoms with Crippen molar-refractivity contribution in [1.82, 2.24) is 0 Å². The summed E-state index contributed by atoms with van der Waals surface area (Å²) in [5.74, 6) is 0.216. The molecule has 2 aliphatic rings. The average Bonchev–Trinajstić information content (AvgIpc) is 2.57. The van der Waals surface area contributed by atoms with E-state index in [4.69, 9.17) is 4.74 Å². The second kappa shape index (κ2) is 3.47. The Hall–Kier alpha value is -1.12. The van der Waals surface area contributed by atoms with E-state index in [1.807, 2.05) is 6.92 Å². The summed E-state index contributed by atoms with van der Waals surface area (Å²) in [6.45, 7) is 2.01. The second-order valence-corrected chi connectivity index (χ2v) is 4.60. The molecule has 3 nitrogen and oxygen atoms in total. The number of esters is 1. The molecule has 0 unspecified atom stereocenters. The van der Waals surface area contributed by atoms with E-state index in [1.165, 1.54) is 12.7 Å². The van der Waals surface area contributed by atoms with Crippen LogP contribution in [0.2, 0.25) is 0 Å². The molecular weight excluding hydrogens is 192 g/mol. The highest BCUT2D eigenvalue weighted by Gasteiger charge is 2.52. The molecule has 0 aromatic rings. The van der Waals surface area contributed by atoms with Gasteiger partial charge in [0, 0.05) is 18.8 Å². The predicted octanol–water partition coefficient (Wildman–Crippen LogP) is 1.86. The number of carbonyl (C=O) groups is 2. The molecular formula is C12H16O3. The molecule has 0 amide bonds. The highest BCUT2D eigenvalue weighted by molar-refractivity contribution is 5.86. The van der Waals surface area contributed by atoms with Crippen molar-refractivity contribution in [1.29, 1.82) is 0 Å². The zero-order valence-corrected chi connectivity index (χ0v) is 9.21. The van der Waals surface area contributed by atoms with Crippen molar-refractivity contribution in [2.75, 3.05) is 7.11 Å². The molecule has 0 radical (unpaired) electrons. The molecule has 0 bridgehead atoms. The van der Waals surface area contributed by atoms with Gasteiger partial charge in [-0.05, 0) is 19.8 Å². The first-order chi connectivity index (χ1) is 7.10. The quantitative estimate of drug-likeness (QED) is 0.488. The van der Waals surface area contributed by atoms with Crippen molar-refractivity contribution in [3.63, 3.8) is 0 Å². The fourth-order valence-electron chi connectivity index (χ4n) is 2.92. The average molecular weight is 208 g/mol. The molecule has 0 aromatic carbocycles. The normalized spacial score (nSPS) is 34.7. The first-order valence-electron chi connectivity index (χ1n) is 5.37. The van der Waals surface area contributed by atoms with Crippen LogP contribution in [-0.2, 0) is 14.3 Å². The number of allylic oxidation sites excluding steroid dienone is 2. The lowest BCUT2D eigenvalue weighted by atomic mass is 9.66. The number of methoxy groups -OCH3 is 1. The fraction of sp³-hybridized carbons (Fsp3) is 0.667. The highest BCUT2D eigenvalue weighted by Crippen LogP contribution is 2.51. The molecule has 0 saturated heterocycles. The van der Waals surface area contributed by atoms with E-state index >= 15 is 0 Å². The van der Waals surface area contributed by atoms with Crippen LogP contribution in [0.4, 0.5) is 0 Å². The molecule has 2 atom stereocenters. The minimum absolute atomic E-state index is 0.0891. The van der Waals surface area contributed by atoms with Gasteiger partial charge in [-0.25, -0.2) is 0 Å². The first kappa shape index (κ1) is 10.4. The SMILES string of the molecule is COC(=O)[C@@]12CC=C(C)[C@@H]1CC(=O)CC2. The zero-order valence-electron chi connectivity index (χ0n) is 9.21. The Balaban J connectivity index is 2.31. The minimum Gasteiger partial charge on any atom is -0.469 e. The van der Waals surface area contributed by atoms with Crippen molar-refractivity contribution < 1.29 is 14.3 Å². The van der Waals surface area contributed by atoms with Crippen LogP contribution in [0.25, 0.3) is 0 Å². The minimum atomic E-state index is -0.424. The van der Waals surface area contributed by atoms with E-state index in [0.29, 0.717) is 19.3 Å². The maximum Gasteiger partial charge on any atom is 0.312 e. The van der Waals surface area contributed by atoms with Crippen molar-refractivity contribution >= 4 is 11.8 Å². The third kappa shape index (κ3) is 1.41. The van der Waals surface area contributed by atoms with E-state index in [-0.39, 0.29) is 17.7 Å². The van der Waals surface area contributed by atoms with Gasteiger partial charge in [-0.3, -0.25) is 9.59 Å². The van der Waals surface area contributed by atoms with Gasteiger partial charge >= 0.3 is 5.97 Å². The van der Waals surface area contributed by atoms with Gasteiger partial charge in [0.25, 0.3) is 0 Å². The Kier molecular flexibility index (Phi) is 2.41. The summed E-state index contributed by atoms with van der Waals surface area (Å²) in [5, 5.41) is 0. The Morgan fingerprint density at radius 1 is 1.60 bits per heavy atom. The molecule has 1 fully saturated rings. The lowest BCUT2D eigenvalue weighted by molar-refractivity contribution is -0.157. The van der Waals surface area contributed by atoms with Gasteiger partial charge < -0.3 is 4.74 Å². The lowest BCUT2D eigenvalue weighted by Gasteiger charge is -2.37. The molecule has 0 N–H and O–H groups in total. The second-order valence-electron chi connectivity index (χ2n) is 4.60. The number of ketones is 1. The molecule has 0 heterocycles. The Labute approximate surface area is 89.5 Å². The van der Waals surface area contributed by atoms with Crippen LogP contribution in [0.15, 0.2) is 11.6 Å². The summed E-state index contributed by atoms with van der Waals surface area (Å²) < 4.78 is 4.89. The number of hydrogen-bond acceptors (Lipinski definition) is 3. The van der Waals surface area contributed by atoms with Crippen molar-refractivity contribution in [2.45, 2.75) is 32.6 Å². The van der Waals surface area contributed by atoms with Crippen LogP contribution >= 0.6 is 0 Å². The number of Topliss-reactive ketones (excluding diaryl/α,β-unsaturated/α-hetero) is 1. The van der Waals surface area contributed by atoms with Crippen LogP contribution in [0.1, 0.15) is 32.6 Å². The van der Waals surface area contributed by atoms with Crippen LogP contribution in [0.3, 0.4) is 0 Å². The van der Waals surface area contributed by atoms with Gasteiger partial charge in [0.15, 0.2) is 0 Å². The van der Waals surface area contributed by atoms with Gasteiger partial charge in [0.2, 0.25) is 0 Å². The smallest absolute Gasteiger partial charge is 0.312 e. The fourth-order valence-corrected chi connectivity index (χ4v) is 2.92. The maximum atomic E-state index is 11.9. The number of hydrogen-bond donors (Lipinski definition) is 0. The topological polar surface area (TPSA) is 43.4 Å². The Morgan fingerprint density at radius 3 is 3.00 bits per heavy atom. The molecule has 82 valence electrons. The number of carbonyl (C=O) groups excluding carboxylic acids is 2. The predicted molar refractivity (Wildman–Crippen MR) is 55.2 cm³/mol. The van der Waals surface area contributed by atoms with E-state index in [2.05, 4.69) is 6.08 Å². The van der Waals surface area contributed by atoms with Gasteiger partial charge in [0.1, 0.15) is 5.78 Å². The summed E-state index contributed by atoms with van der Waals surface area (Å²) in [6, 6.07) is 0. The van der Waals surface area contributed by atoms with Crippen LogP contribution < -0.4 is 0 Å². The third-order valence-electron chi connectivity index (χ3n) is 3.88. The molecule has 2 rings (SSSR count). The number of ether oxygens (including phenoxy) is 1. The van der Waals surface area contributed by atoms with Crippen LogP contribution in [0.5, 0.6) is 0 Å². The van der Waals surface area contributed by atoms with Gasteiger partial charge in [-0.15, -0.1) is 0 Å². The van der Waals surface area contributed by atoms with E-state index in [0.717, 1.165) is 6.42 Å². The van der Waals surface area contributed by atoms with E-state index in [9.17, 15) is 9.59 Å². The Bertz CT molecular complexity index is 343. The Morgan fingerprint density at radius 2 is 2.33 bits per heavy atom. The summed E-state index contributed by atoms with van der Waals surface area (Å²) in [5.41, 5.74) is 0.751. The summed E-state index contributed by atoms with van der Waals surface area (Å²) >= 11 is 0. The monoisotopic (exact) mass is 208 g/mol. The molecule has 3 heteroatoms. The van der Waals surface area contributed by atoms with E-state index in [1.54, 1.807) is 0 Å².